The van der Waals surface area contributed by atoms with Crippen molar-refractivity contribution in [1.29, 1.82) is 0 Å². The lowest BCUT2D eigenvalue weighted by molar-refractivity contribution is -0.137. The normalized spacial score (nSPS) is 12.2. The number of rotatable bonds is 3. The molecule has 3 nitrogen and oxygen atoms in total. The zero-order chi connectivity index (χ0) is 16.5. The van der Waals surface area contributed by atoms with Gasteiger partial charge in [-0.1, -0.05) is 17.7 Å². The molecule has 0 aliphatic rings. The summed E-state index contributed by atoms with van der Waals surface area (Å²) in [6.07, 6.45) is -4.74. The minimum absolute atomic E-state index is 0.282. The van der Waals surface area contributed by atoms with Crippen molar-refractivity contribution in [2.75, 3.05) is 0 Å². The molecule has 0 saturated heterocycles. The summed E-state index contributed by atoms with van der Waals surface area (Å²) in [6, 6.07) is 6.72. The van der Waals surface area contributed by atoms with E-state index in [1.165, 1.54) is 24.3 Å². The Balaban J connectivity index is 2.39. The summed E-state index contributed by atoms with van der Waals surface area (Å²) in [4.78, 5) is -0.282. The Hall–Kier alpha value is -2.09. The third-order valence-electron chi connectivity index (χ3n) is 2.77. The predicted octanol–water partition coefficient (Wildman–Crippen LogP) is 3.92. The Morgan fingerprint density at radius 1 is 1.00 bits per heavy atom. The molecule has 0 fully saturated rings. The fourth-order valence-electron chi connectivity index (χ4n) is 1.61. The van der Waals surface area contributed by atoms with Gasteiger partial charge >= 0.3 is 16.3 Å². The lowest BCUT2D eigenvalue weighted by atomic mass is 10.2. The maximum absolute atomic E-state index is 13.5. The Labute approximate surface area is 124 Å². The van der Waals surface area contributed by atoms with Gasteiger partial charge in [0.15, 0.2) is 11.6 Å². The molecule has 22 heavy (non-hydrogen) atoms. The summed E-state index contributed by atoms with van der Waals surface area (Å²) in [6.45, 7) is 1.73. The predicted molar refractivity (Wildman–Crippen MR) is 70.4 cm³/mol. The van der Waals surface area contributed by atoms with Gasteiger partial charge in [-0.15, -0.1) is 0 Å². The van der Waals surface area contributed by atoms with Crippen LogP contribution in [0.3, 0.4) is 0 Å². The van der Waals surface area contributed by atoms with Crippen LogP contribution in [0.15, 0.2) is 47.4 Å². The number of aryl methyl sites for hydroxylation is 1. The minimum atomic E-state index is -4.74. The number of halogens is 4. The van der Waals surface area contributed by atoms with E-state index < -0.39 is 33.4 Å². The van der Waals surface area contributed by atoms with Crippen LogP contribution in [0.1, 0.15) is 11.1 Å². The van der Waals surface area contributed by atoms with Crippen LogP contribution in [0.25, 0.3) is 0 Å². The number of hydrogen-bond donors (Lipinski definition) is 0. The second kappa shape index (κ2) is 5.60. The molecular formula is C14H10F4O3S. The summed E-state index contributed by atoms with van der Waals surface area (Å²) < 4.78 is 79.6. The molecule has 0 bridgehead atoms. The van der Waals surface area contributed by atoms with Gasteiger partial charge in [0.1, 0.15) is 4.90 Å². The molecule has 0 radical (unpaired) electrons. The van der Waals surface area contributed by atoms with Gasteiger partial charge in [0, 0.05) is 0 Å². The topological polar surface area (TPSA) is 43.4 Å². The van der Waals surface area contributed by atoms with Gasteiger partial charge in [-0.05, 0) is 37.3 Å². The monoisotopic (exact) mass is 334 g/mol. The molecule has 0 atom stereocenters. The molecule has 0 aliphatic heterocycles. The molecule has 2 rings (SSSR count). The van der Waals surface area contributed by atoms with E-state index in [4.69, 9.17) is 0 Å². The standard InChI is InChI=1S/C14H10F4O3S/c1-9-2-5-11(6-3-9)22(19,20)21-13-8-10(14(16,17)18)4-7-12(13)15/h2-8H,1H3. The molecule has 8 heteroatoms. The summed E-state index contributed by atoms with van der Waals surface area (Å²) in [5.74, 6) is -2.21. The molecule has 118 valence electrons. The number of alkyl halides is 3. The first-order valence-corrected chi connectivity index (χ1v) is 7.38. The largest absolute Gasteiger partial charge is 0.416 e. The molecule has 0 amide bonds. The van der Waals surface area contributed by atoms with Crippen LogP contribution >= 0.6 is 0 Å². The Kier molecular flexibility index (Phi) is 4.15. The quantitative estimate of drug-likeness (QED) is 0.631. The minimum Gasteiger partial charge on any atom is -0.376 e. The van der Waals surface area contributed by atoms with Gasteiger partial charge < -0.3 is 4.18 Å². The van der Waals surface area contributed by atoms with E-state index in [0.29, 0.717) is 18.2 Å². The molecule has 2 aromatic rings. The van der Waals surface area contributed by atoms with Crippen molar-refractivity contribution in [1.82, 2.24) is 0 Å². The fraction of sp³-hybridized carbons (Fsp3) is 0.143. The highest BCUT2D eigenvalue weighted by Crippen LogP contribution is 2.33. The van der Waals surface area contributed by atoms with E-state index in [-0.39, 0.29) is 4.90 Å². The average Bonchev–Trinajstić information content (AvgIpc) is 2.40. The first-order chi connectivity index (χ1) is 10.1. The second-order valence-corrected chi connectivity index (χ2v) is 6.04. The maximum Gasteiger partial charge on any atom is 0.416 e. The molecule has 0 spiro atoms. The van der Waals surface area contributed by atoms with E-state index in [1.54, 1.807) is 6.92 Å². The SMILES string of the molecule is Cc1ccc(S(=O)(=O)Oc2cc(C(F)(F)F)ccc2F)cc1. The van der Waals surface area contributed by atoms with Crippen LogP contribution in [-0.4, -0.2) is 8.42 Å². The van der Waals surface area contributed by atoms with Gasteiger partial charge in [0.05, 0.1) is 5.56 Å². The van der Waals surface area contributed by atoms with Crippen molar-refractivity contribution in [3.8, 4) is 5.75 Å². The third kappa shape index (κ3) is 3.56. The van der Waals surface area contributed by atoms with Crippen molar-refractivity contribution in [2.45, 2.75) is 18.0 Å². The van der Waals surface area contributed by atoms with Crippen LogP contribution in [0.4, 0.5) is 17.6 Å². The maximum atomic E-state index is 13.5. The van der Waals surface area contributed by atoms with E-state index in [2.05, 4.69) is 4.18 Å². The third-order valence-corrected chi connectivity index (χ3v) is 4.02. The lowest BCUT2D eigenvalue weighted by Crippen LogP contribution is -2.12. The average molecular weight is 334 g/mol. The molecule has 0 aromatic heterocycles. The van der Waals surface area contributed by atoms with Crippen LogP contribution < -0.4 is 4.18 Å². The summed E-state index contributed by atoms with van der Waals surface area (Å²) in [7, 11) is -4.42. The molecular weight excluding hydrogens is 324 g/mol. The van der Waals surface area contributed by atoms with Gasteiger partial charge in [-0.2, -0.15) is 21.6 Å². The van der Waals surface area contributed by atoms with E-state index >= 15 is 0 Å². The zero-order valence-corrected chi connectivity index (χ0v) is 12.0. The molecule has 0 N–H and O–H groups in total. The first-order valence-electron chi connectivity index (χ1n) is 5.97. The van der Waals surface area contributed by atoms with Crippen molar-refractivity contribution in [3.05, 3.63) is 59.4 Å². The fourth-order valence-corrected chi connectivity index (χ4v) is 2.54. The van der Waals surface area contributed by atoms with Gasteiger partial charge in [-0.25, -0.2) is 4.39 Å². The zero-order valence-electron chi connectivity index (χ0n) is 11.2. The van der Waals surface area contributed by atoms with Gasteiger partial charge in [0.25, 0.3) is 0 Å². The lowest BCUT2D eigenvalue weighted by Gasteiger charge is -2.11. The summed E-state index contributed by atoms with van der Waals surface area (Å²) >= 11 is 0. The summed E-state index contributed by atoms with van der Waals surface area (Å²) in [5.41, 5.74) is -0.424. The van der Waals surface area contributed by atoms with E-state index in [0.717, 1.165) is 5.56 Å². The molecule has 0 saturated carbocycles. The van der Waals surface area contributed by atoms with E-state index in [1.807, 2.05) is 0 Å². The van der Waals surface area contributed by atoms with Crippen molar-refractivity contribution >= 4 is 10.1 Å². The molecule has 0 heterocycles. The van der Waals surface area contributed by atoms with Crippen molar-refractivity contribution < 1.29 is 30.2 Å². The van der Waals surface area contributed by atoms with E-state index in [9.17, 15) is 26.0 Å². The number of benzene rings is 2. The van der Waals surface area contributed by atoms with Crippen LogP contribution in [0.5, 0.6) is 5.75 Å². The van der Waals surface area contributed by atoms with Gasteiger partial charge in [0.2, 0.25) is 0 Å². The highest BCUT2D eigenvalue weighted by atomic mass is 32.2. The Morgan fingerprint density at radius 2 is 1.59 bits per heavy atom. The van der Waals surface area contributed by atoms with Crippen LogP contribution in [0, 0.1) is 12.7 Å². The first kappa shape index (κ1) is 16.3. The highest BCUT2D eigenvalue weighted by molar-refractivity contribution is 7.87. The molecule has 0 aliphatic carbocycles. The Bertz CT molecular complexity index is 781. The smallest absolute Gasteiger partial charge is 0.376 e. The second-order valence-electron chi connectivity index (χ2n) is 4.49. The summed E-state index contributed by atoms with van der Waals surface area (Å²) in [5, 5.41) is 0. The molecule has 2 aromatic carbocycles. The van der Waals surface area contributed by atoms with Crippen LogP contribution in [-0.2, 0) is 16.3 Å². The van der Waals surface area contributed by atoms with Crippen molar-refractivity contribution in [3.63, 3.8) is 0 Å². The Morgan fingerprint density at radius 3 is 2.14 bits per heavy atom. The number of hydrogen-bond acceptors (Lipinski definition) is 3. The van der Waals surface area contributed by atoms with Crippen molar-refractivity contribution in [2.24, 2.45) is 0 Å². The van der Waals surface area contributed by atoms with Crippen LogP contribution in [0.2, 0.25) is 0 Å². The van der Waals surface area contributed by atoms with Gasteiger partial charge in [-0.3, -0.25) is 0 Å². The highest BCUT2D eigenvalue weighted by Gasteiger charge is 2.32. The molecule has 0 unspecified atom stereocenters.